The number of likely N-dealkylation sites (N-methyl/N-ethyl adjacent to an activating group) is 1. The number of carbonyl (C=O) groups excluding carboxylic acids is 1. The first-order valence-corrected chi connectivity index (χ1v) is 6.53. The Labute approximate surface area is 112 Å². The molecule has 6 heteroatoms. The number of nitrogens with zero attached hydrogens (tertiary/aromatic N) is 1. The molecule has 1 aliphatic rings. The van der Waals surface area contributed by atoms with Crippen LogP contribution in [0.25, 0.3) is 0 Å². The predicted octanol–water partition coefficient (Wildman–Crippen LogP) is 2.44. The standard InChI is InChI=1S/C12H13BrF2N2O/c1-2-16-10-3-4-17(12(10)18)11-8(13)5-7(14)6-9(11)15/h5-6,10,16H,2-4H2,1H3. The normalized spacial score (nSPS) is 19.7. The molecule has 0 aliphatic carbocycles. The zero-order chi connectivity index (χ0) is 13.3. The number of amides is 1. The highest BCUT2D eigenvalue weighted by atomic mass is 79.9. The van der Waals surface area contributed by atoms with Crippen LogP contribution in [0.2, 0.25) is 0 Å². The van der Waals surface area contributed by atoms with Crippen LogP contribution in [0.1, 0.15) is 13.3 Å². The Kier molecular flexibility index (Phi) is 3.97. The van der Waals surface area contributed by atoms with E-state index in [0.717, 1.165) is 12.1 Å². The van der Waals surface area contributed by atoms with Crippen LogP contribution in [0.15, 0.2) is 16.6 Å². The molecule has 1 amide bonds. The van der Waals surface area contributed by atoms with Crippen LogP contribution in [0.3, 0.4) is 0 Å². The third-order valence-corrected chi connectivity index (χ3v) is 3.51. The lowest BCUT2D eigenvalue weighted by molar-refractivity contribution is -0.118. The predicted molar refractivity (Wildman–Crippen MR) is 68.5 cm³/mol. The lowest BCUT2D eigenvalue weighted by Crippen LogP contribution is -2.38. The number of hydrogen-bond donors (Lipinski definition) is 1. The number of nitrogens with one attached hydrogen (secondary N) is 1. The Balaban J connectivity index is 2.31. The van der Waals surface area contributed by atoms with Crippen molar-refractivity contribution in [2.45, 2.75) is 19.4 Å². The van der Waals surface area contributed by atoms with E-state index in [1.54, 1.807) is 0 Å². The first-order valence-electron chi connectivity index (χ1n) is 5.74. The van der Waals surface area contributed by atoms with Crippen LogP contribution >= 0.6 is 15.9 Å². The van der Waals surface area contributed by atoms with Crippen LogP contribution in [-0.2, 0) is 4.79 Å². The van der Waals surface area contributed by atoms with E-state index in [2.05, 4.69) is 21.2 Å². The maximum atomic E-state index is 13.8. The van der Waals surface area contributed by atoms with E-state index in [4.69, 9.17) is 0 Å². The molecule has 1 heterocycles. The molecule has 18 heavy (non-hydrogen) atoms. The molecular weight excluding hydrogens is 306 g/mol. The summed E-state index contributed by atoms with van der Waals surface area (Å²) in [6.45, 7) is 3.01. The molecule has 0 bridgehead atoms. The van der Waals surface area contributed by atoms with Gasteiger partial charge in [-0.15, -0.1) is 0 Å². The highest BCUT2D eigenvalue weighted by Gasteiger charge is 2.34. The second-order valence-electron chi connectivity index (χ2n) is 4.11. The average molecular weight is 319 g/mol. The molecule has 2 rings (SSSR count). The second kappa shape index (κ2) is 5.32. The summed E-state index contributed by atoms with van der Waals surface area (Å²) in [5, 5.41) is 3.04. The number of benzene rings is 1. The molecule has 3 nitrogen and oxygen atoms in total. The maximum absolute atomic E-state index is 13.8. The van der Waals surface area contributed by atoms with Crippen molar-refractivity contribution in [3.8, 4) is 0 Å². The Hall–Kier alpha value is -1.01. The zero-order valence-corrected chi connectivity index (χ0v) is 11.4. The van der Waals surface area contributed by atoms with Gasteiger partial charge in [0.15, 0.2) is 5.82 Å². The van der Waals surface area contributed by atoms with E-state index in [1.165, 1.54) is 4.90 Å². The van der Waals surface area contributed by atoms with Gasteiger partial charge in [-0.2, -0.15) is 0 Å². The number of hydrogen-bond acceptors (Lipinski definition) is 2. The lowest BCUT2D eigenvalue weighted by atomic mass is 10.2. The van der Waals surface area contributed by atoms with E-state index in [1.807, 2.05) is 6.92 Å². The van der Waals surface area contributed by atoms with Gasteiger partial charge in [0.05, 0.1) is 11.7 Å². The van der Waals surface area contributed by atoms with Crippen molar-refractivity contribution in [3.63, 3.8) is 0 Å². The molecule has 0 spiro atoms. The average Bonchev–Trinajstić information content (AvgIpc) is 2.61. The molecule has 1 aromatic carbocycles. The first-order chi connectivity index (χ1) is 8.54. The van der Waals surface area contributed by atoms with Gasteiger partial charge in [-0.1, -0.05) is 6.92 Å². The molecule has 1 saturated heterocycles. The van der Waals surface area contributed by atoms with Gasteiger partial charge in [0.1, 0.15) is 5.82 Å². The molecular formula is C12H13BrF2N2O. The van der Waals surface area contributed by atoms with E-state index in [0.29, 0.717) is 19.5 Å². The minimum absolute atomic E-state index is 0.113. The third-order valence-electron chi connectivity index (χ3n) is 2.91. The highest BCUT2D eigenvalue weighted by molar-refractivity contribution is 9.10. The van der Waals surface area contributed by atoms with Crippen LogP contribution in [0.5, 0.6) is 0 Å². The largest absolute Gasteiger partial charge is 0.307 e. The van der Waals surface area contributed by atoms with E-state index in [9.17, 15) is 13.6 Å². The molecule has 1 aromatic rings. The van der Waals surface area contributed by atoms with Gasteiger partial charge in [0.25, 0.3) is 0 Å². The maximum Gasteiger partial charge on any atom is 0.244 e. The fourth-order valence-electron chi connectivity index (χ4n) is 2.13. The quantitative estimate of drug-likeness (QED) is 0.928. The van der Waals surface area contributed by atoms with Gasteiger partial charge in [-0.3, -0.25) is 4.79 Å². The van der Waals surface area contributed by atoms with E-state index in [-0.39, 0.29) is 22.1 Å². The van der Waals surface area contributed by atoms with Crippen LogP contribution in [0.4, 0.5) is 14.5 Å². The summed E-state index contributed by atoms with van der Waals surface area (Å²) >= 11 is 3.10. The van der Waals surface area contributed by atoms with Crippen molar-refractivity contribution >= 4 is 27.5 Å². The fourth-order valence-corrected chi connectivity index (χ4v) is 2.75. The van der Waals surface area contributed by atoms with Crippen molar-refractivity contribution in [1.82, 2.24) is 5.32 Å². The van der Waals surface area contributed by atoms with Gasteiger partial charge >= 0.3 is 0 Å². The molecule has 0 radical (unpaired) electrons. The second-order valence-corrected chi connectivity index (χ2v) is 4.96. The van der Waals surface area contributed by atoms with Crippen molar-refractivity contribution < 1.29 is 13.6 Å². The molecule has 0 aromatic heterocycles. The highest BCUT2D eigenvalue weighted by Crippen LogP contribution is 2.33. The summed E-state index contributed by atoms with van der Waals surface area (Å²) in [6, 6.07) is 1.66. The molecule has 1 unspecified atom stereocenters. The summed E-state index contributed by atoms with van der Waals surface area (Å²) in [4.78, 5) is 13.4. The molecule has 98 valence electrons. The van der Waals surface area contributed by atoms with Gasteiger partial charge in [0, 0.05) is 17.1 Å². The van der Waals surface area contributed by atoms with Gasteiger partial charge in [-0.25, -0.2) is 8.78 Å². The number of anilines is 1. The molecule has 1 fully saturated rings. The molecule has 1 aliphatic heterocycles. The van der Waals surface area contributed by atoms with Gasteiger partial charge < -0.3 is 10.2 Å². The number of rotatable bonds is 3. The van der Waals surface area contributed by atoms with E-state index >= 15 is 0 Å². The van der Waals surface area contributed by atoms with E-state index < -0.39 is 11.6 Å². The van der Waals surface area contributed by atoms with Crippen molar-refractivity contribution in [2.24, 2.45) is 0 Å². The van der Waals surface area contributed by atoms with Gasteiger partial charge in [0.2, 0.25) is 5.91 Å². The van der Waals surface area contributed by atoms with Crippen molar-refractivity contribution in [1.29, 1.82) is 0 Å². The molecule has 1 N–H and O–H groups in total. The summed E-state index contributed by atoms with van der Waals surface area (Å²) < 4.78 is 27.0. The lowest BCUT2D eigenvalue weighted by Gasteiger charge is -2.19. The van der Waals surface area contributed by atoms with Crippen molar-refractivity contribution in [2.75, 3.05) is 18.0 Å². The Bertz CT molecular complexity index is 458. The van der Waals surface area contributed by atoms with Crippen LogP contribution in [-0.4, -0.2) is 25.0 Å². The monoisotopic (exact) mass is 318 g/mol. The number of halogens is 3. The minimum atomic E-state index is -0.729. The fraction of sp³-hybridized carbons (Fsp3) is 0.417. The number of carbonyl (C=O) groups is 1. The SMILES string of the molecule is CCNC1CCN(c2c(F)cc(F)cc2Br)C1=O. The minimum Gasteiger partial charge on any atom is -0.307 e. The topological polar surface area (TPSA) is 32.3 Å². The summed E-state index contributed by atoms with van der Waals surface area (Å²) in [5.74, 6) is -1.58. The summed E-state index contributed by atoms with van der Waals surface area (Å²) in [5.41, 5.74) is 0.113. The Morgan fingerprint density at radius 3 is 2.83 bits per heavy atom. The smallest absolute Gasteiger partial charge is 0.244 e. The Morgan fingerprint density at radius 2 is 2.22 bits per heavy atom. The first kappa shape index (κ1) is 13.4. The zero-order valence-electron chi connectivity index (χ0n) is 9.84. The van der Waals surface area contributed by atoms with Crippen LogP contribution in [0, 0.1) is 11.6 Å². The van der Waals surface area contributed by atoms with Gasteiger partial charge in [-0.05, 0) is 35.0 Å². The summed E-state index contributed by atoms with van der Waals surface area (Å²) in [6.07, 6.45) is 0.621. The Morgan fingerprint density at radius 1 is 1.50 bits per heavy atom. The molecule has 1 atom stereocenters. The molecule has 0 saturated carbocycles. The third kappa shape index (κ3) is 2.40. The van der Waals surface area contributed by atoms with Crippen LogP contribution < -0.4 is 10.2 Å². The van der Waals surface area contributed by atoms with Crippen molar-refractivity contribution in [3.05, 3.63) is 28.2 Å². The summed E-state index contributed by atoms with van der Waals surface area (Å²) in [7, 11) is 0.